The van der Waals surface area contributed by atoms with Crippen LogP contribution in [0.1, 0.15) is 49.5 Å². The number of fused-ring (bicyclic) bond motifs is 1. The summed E-state index contributed by atoms with van der Waals surface area (Å²) in [5.41, 5.74) is 1.62. The highest BCUT2D eigenvalue weighted by molar-refractivity contribution is 6.22. The number of carbonyl (C=O) groups excluding carboxylic acids is 3. The molecule has 1 N–H and O–H groups in total. The second-order valence-electron chi connectivity index (χ2n) is 7.37. The second kappa shape index (κ2) is 7.50. The molecular weight excluding hydrogens is 372 g/mol. The van der Waals surface area contributed by atoms with Gasteiger partial charge in [-0.05, 0) is 36.6 Å². The van der Waals surface area contributed by atoms with E-state index in [-0.39, 0.29) is 41.6 Å². The van der Waals surface area contributed by atoms with Crippen molar-refractivity contribution < 1.29 is 24.3 Å². The van der Waals surface area contributed by atoms with Gasteiger partial charge in [-0.15, -0.1) is 0 Å². The van der Waals surface area contributed by atoms with Crippen molar-refractivity contribution in [3.05, 3.63) is 70.8 Å². The van der Waals surface area contributed by atoms with E-state index in [4.69, 9.17) is 0 Å². The predicted octanol–water partition coefficient (Wildman–Crippen LogP) is 2.42. The number of amides is 3. The maximum atomic E-state index is 12.9. The Morgan fingerprint density at radius 3 is 2.45 bits per heavy atom. The van der Waals surface area contributed by atoms with Crippen molar-refractivity contribution in [3.63, 3.8) is 0 Å². The summed E-state index contributed by atoms with van der Waals surface area (Å²) in [5.74, 6) is -2.61. The van der Waals surface area contributed by atoms with Gasteiger partial charge in [0.15, 0.2) is 0 Å². The Morgan fingerprint density at radius 2 is 1.72 bits per heavy atom. The molecule has 1 fully saturated rings. The van der Waals surface area contributed by atoms with E-state index >= 15 is 0 Å². The minimum Gasteiger partial charge on any atom is -0.481 e. The van der Waals surface area contributed by atoms with Crippen LogP contribution in [0.25, 0.3) is 0 Å². The van der Waals surface area contributed by atoms with E-state index in [1.165, 1.54) is 28.0 Å². The fourth-order valence-electron chi connectivity index (χ4n) is 3.88. The van der Waals surface area contributed by atoms with Gasteiger partial charge in [0.05, 0.1) is 23.6 Å². The fraction of sp³-hybridized carbons (Fsp3) is 0.273. The van der Waals surface area contributed by atoms with Gasteiger partial charge in [-0.1, -0.05) is 30.3 Å². The Labute approximate surface area is 167 Å². The highest BCUT2D eigenvalue weighted by Crippen LogP contribution is 2.27. The minimum absolute atomic E-state index is 0.151. The Hall–Kier alpha value is -3.48. The SMILES string of the molecule is O=C(O)[C@H]1CCCN(C(=O)c2ccc3c(c2)C(=O)N(Cc2ccccc2)C3=O)C1. The lowest BCUT2D eigenvalue weighted by atomic mass is 9.97. The molecule has 0 aliphatic carbocycles. The van der Waals surface area contributed by atoms with Gasteiger partial charge in [0, 0.05) is 18.7 Å². The van der Waals surface area contributed by atoms with Gasteiger partial charge < -0.3 is 10.0 Å². The molecule has 0 radical (unpaired) electrons. The number of aliphatic carboxylic acids is 1. The molecule has 2 aromatic rings. The summed E-state index contributed by atoms with van der Waals surface area (Å²) >= 11 is 0. The zero-order valence-electron chi connectivity index (χ0n) is 15.7. The zero-order valence-corrected chi connectivity index (χ0v) is 15.7. The average Bonchev–Trinajstić information content (AvgIpc) is 2.98. The van der Waals surface area contributed by atoms with Crippen molar-refractivity contribution in [1.29, 1.82) is 0 Å². The van der Waals surface area contributed by atoms with Gasteiger partial charge in [0.1, 0.15) is 0 Å². The molecule has 0 saturated carbocycles. The Bertz CT molecular complexity index is 1000. The molecular formula is C22H20N2O5. The first-order valence-electron chi connectivity index (χ1n) is 9.52. The highest BCUT2D eigenvalue weighted by Gasteiger charge is 2.36. The molecule has 1 atom stereocenters. The maximum absolute atomic E-state index is 12.9. The molecule has 148 valence electrons. The quantitative estimate of drug-likeness (QED) is 0.807. The van der Waals surface area contributed by atoms with E-state index in [2.05, 4.69) is 0 Å². The summed E-state index contributed by atoms with van der Waals surface area (Å²) in [6, 6.07) is 13.7. The summed E-state index contributed by atoms with van der Waals surface area (Å²) in [6.45, 7) is 0.799. The third-order valence-corrected chi connectivity index (χ3v) is 5.46. The molecule has 2 aliphatic rings. The number of rotatable bonds is 4. The van der Waals surface area contributed by atoms with Crippen molar-refractivity contribution in [2.24, 2.45) is 5.92 Å². The zero-order chi connectivity index (χ0) is 20.5. The van der Waals surface area contributed by atoms with Gasteiger partial charge in [0.2, 0.25) is 0 Å². The van der Waals surface area contributed by atoms with Crippen LogP contribution in [0, 0.1) is 5.92 Å². The van der Waals surface area contributed by atoms with Crippen LogP contribution in [-0.2, 0) is 11.3 Å². The van der Waals surface area contributed by atoms with E-state index in [1.54, 1.807) is 0 Å². The average molecular weight is 392 g/mol. The number of imide groups is 1. The fourth-order valence-corrected chi connectivity index (χ4v) is 3.88. The first-order chi connectivity index (χ1) is 14.0. The standard InChI is InChI=1S/C22H20N2O5/c25-19(23-10-4-7-16(13-23)22(28)29)15-8-9-17-18(11-15)21(27)24(20(17)26)12-14-5-2-1-3-6-14/h1-3,5-6,8-9,11,16H,4,7,10,12-13H2,(H,28,29)/t16-/m0/s1. The molecule has 0 aromatic heterocycles. The van der Waals surface area contributed by atoms with Gasteiger partial charge >= 0.3 is 5.97 Å². The van der Waals surface area contributed by atoms with Crippen LogP contribution in [0.3, 0.4) is 0 Å². The molecule has 0 unspecified atom stereocenters. The van der Waals surface area contributed by atoms with E-state index in [0.717, 1.165) is 5.56 Å². The molecule has 0 bridgehead atoms. The third kappa shape index (κ3) is 3.51. The Kier molecular flexibility index (Phi) is 4.88. The normalized spacial score (nSPS) is 18.7. The number of likely N-dealkylation sites (tertiary alicyclic amines) is 1. The molecule has 29 heavy (non-hydrogen) atoms. The maximum Gasteiger partial charge on any atom is 0.308 e. The van der Waals surface area contributed by atoms with Crippen LogP contribution < -0.4 is 0 Å². The number of nitrogens with zero attached hydrogens (tertiary/aromatic N) is 2. The number of hydrogen-bond donors (Lipinski definition) is 1. The largest absolute Gasteiger partial charge is 0.481 e. The summed E-state index contributed by atoms with van der Waals surface area (Å²) in [6.07, 6.45) is 1.17. The monoisotopic (exact) mass is 392 g/mol. The van der Waals surface area contributed by atoms with Crippen LogP contribution >= 0.6 is 0 Å². The first-order valence-corrected chi connectivity index (χ1v) is 9.52. The van der Waals surface area contributed by atoms with Gasteiger partial charge in [-0.3, -0.25) is 24.1 Å². The summed E-state index contributed by atoms with van der Waals surface area (Å²) < 4.78 is 0. The number of carboxylic acids is 1. The number of piperidine rings is 1. The minimum atomic E-state index is -0.909. The molecule has 0 spiro atoms. The molecule has 7 heteroatoms. The lowest BCUT2D eigenvalue weighted by Crippen LogP contribution is -2.42. The van der Waals surface area contributed by atoms with Crippen molar-refractivity contribution in [2.45, 2.75) is 19.4 Å². The van der Waals surface area contributed by atoms with Crippen molar-refractivity contribution in [3.8, 4) is 0 Å². The second-order valence-corrected chi connectivity index (χ2v) is 7.37. The Morgan fingerprint density at radius 1 is 1.00 bits per heavy atom. The summed E-state index contributed by atoms with van der Waals surface area (Å²) in [7, 11) is 0. The van der Waals surface area contributed by atoms with Crippen LogP contribution in [0.5, 0.6) is 0 Å². The van der Waals surface area contributed by atoms with Gasteiger partial charge in [-0.2, -0.15) is 0 Å². The van der Waals surface area contributed by atoms with Gasteiger partial charge in [0.25, 0.3) is 17.7 Å². The van der Waals surface area contributed by atoms with E-state index in [9.17, 15) is 24.3 Å². The van der Waals surface area contributed by atoms with Crippen molar-refractivity contribution in [2.75, 3.05) is 13.1 Å². The summed E-state index contributed by atoms with van der Waals surface area (Å²) in [5, 5.41) is 9.22. The number of carbonyl (C=O) groups is 4. The lowest BCUT2D eigenvalue weighted by Gasteiger charge is -2.30. The van der Waals surface area contributed by atoms with E-state index < -0.39 is 17.8 Å². The van der Waals surface area contributed by atoms with Crippen LogP contribution in [0.4, 0.5) is 0 Å². The predicted molar refractivity (Wildman–Crippen MR) is 103 cm³/mol. The number of carboxylic acid groups (broad SMARTS) is 1. The van der Waals surface area contributed by atoms with Crippen LogP contribution in [0.15, 0.2) is 48.5 Å². The molecule has 1 saturated heterocycles. The number of hydrogen-bond acceptors (Lipinski definition) is 4. The number of benzene rings is 2. The first kappa shape index (κ1) is 18.9. The van der Waals surface area contributed by atoms with Crippen LogP contribution in [-0.4, -0.2) is 51.7 Å². The van der Waals surface area contributed by atoms with E-state index in [1.807, 2.05) is 30.3 Å². The van der Waals surface area contributed by atoms with E-state index in [0.29, 0.717) is 19.4 Å². The van der Waals surface area contributed by atoms with Crippen molar-refractivity contribution >= 4 is 23.7 Å². The third-order valence-electron chi connectivity index (χ3n) is 5.46. The summed E-state index contributed by atoms with van der Waals surface area (Å²) in [4.78, 5) is 52.3. The molecule has 2 heterocycles. The Balaban J connectivity index is 1.56. The molecule has 3 amide bonds. The molecule has 2 aliphatic heterocycles. The lowest BCUT2D eigenvalue weighted by molar-refractivity contribution is -0.143. The van der Waals surface area contributed by atoms with Gasteiger partial charge in [-0.25, -0.2) is 0 Å². The molecule has 7 nitrogen and oxygen atoms in total. The topological polar surface area (TPSA) is 95.0 Å². The van der Waals surface area contributed by atoms with Crippen LogP contribution in [0.2, 0.25) is 0 Å². The highest BCUT2D eigenvalue weighted by atomic mass is 16.4. The molecule has 2 aromatic carbocycles. The van der Waals surface area contributed by atoms with Crippen molar-refractivity contribution in [1.82, 2.24) is 9.80 Å². The molecule has 4 rings (SSSR count). The smallest absolute Gasteiger partial charge is 0.308 e.